The van der Waals surface area contributed by atoms with Gasteiger partial charge in [-0.3, -0.25) is 9.59 Å². The summed E-state index contributed by atoms with van der Waals surface area (Å²) in [5, 5.41) is 2.63. The Morgan fingerprint density at radius 2 is 2.35 bits per heavy atom. The van der Waals surface area contributed by atoms with E-state index < -0.39 is 0 Å². The summed E-state index contributed by atoms with van der Waals surface area (Å²) in [5.41, 5.74) is 2.15. The second-order valence-corrected chi connectivity index (χ2v) is 4.08. The molecule has 1 radical (unpaired) electrons. The zero-order valence-electron chi connectivity index (χ0n) is 9.82. The third-order valence-corrected chi connectivity index (χ3v) is 2.84. The zero-order chi connectivity index (χ0) is 12.3. The van der Waals surface area contributed by atoms with E-state index >= 15 is 0 Å². The van der Waals surface area contributed by atoms with Gasteiger partial charge in [0.2, 0.25) is 11.8 Å². The normalized spacial score (nSPS) is 13.4. The number of nitrogens with one attached hydrogen (secondary N) is 1. The van der Waals surface area contributed by atoms with Crippen LogP contribution in [0.25, 0.3) is 0 Å². The van der Waals surface area contributed by atoms with E-state index in [0.29, 0.717) is 13.0 Å². The van der Waals surface area contributed by atoms with Gasteiger partial charge < -0.3 is 10.2 Å². The van der Waals surface area contributed by atoms with Crippen LogP contribution in [0.4, 0.5) is 5.69 Å². The Balaban J connectivity index is 1.96. The lowest BCUT2D eigenvalue weighted by molar-refractivity contribution is -0.119. The number of hydrogen-bond acceptors (Lipinski definition) is 2. The maximum Gasteiger partial charge on any atom is 0.228 e. The molecule has 17 heavy (non-hydrogen) atoms. The van der Waals surface area contributed by atoms with E-state index in [2.05, 4.69) is 11.4 Å². The number of carbonyl (C=O) groups is 2. The average Bonchev–Trinajstić information content (AvgIpc) is 2.72. The largest absolute Gasteiger partial charge is 0.356 e. The van der Waals surface area contributed by atoms with Crippen LogP contribution in [0.3, 0.4) is 0 Å². The van der Waals surface area contributed by atoms with Gasteiger partial charge in [0, 0.05) is 32.1 Å². The Morgan fingerprint density at radius 3 is 3.12 bits per heavy atom. The van der Waals surface area contributed by atoms with Gasteiger partial charge in [0.15, 0.2) is 0 Å². The van der Waals surface area contributed by atoms with Crippen LogP contribution < -0.4 is 10.2 Å². The summed E-state index contributed by atoms with van der Waals surface area (Å²) < 4.78 is 0. The van der Waals surface area contributed by atoms with Crippen LogP contribution in [0.2, 0.25) is 0 Å². The molecule has 0 atom stereocenters. The van der Waals surface area contributed by atoms with E-state index in [0.717, 1.165) is 18.7 Å². The first-order valence-electron chi connectivity index (χ1n) is 5.72. The summed E-state index contributed by atoms with van der Waals surface area (Å²) in [6.45, 7) is 2.58. The van der Waals surface area contributed by atoms with Gasteiger partial charge in [-0.2, -0.15) is 0 Å². The van der Waals surface area contributed by atoms with Crippen molar-refractivity contribution in [2.75, 3.05) is 18.0 Å². The van der Waals surface area contributed by atoms with Crippen molar-refractivity contribution < 1.29 is 9.59 Å². The van der Waals surface area contributed by atoms with E-state index in [1.165, 1.54) is 12.5 Å². The lowest BCUT2D eigenvalue weighted by atomic mass is 10.2. The second-order valence-electron chi connectivity index (χ2n) is 4.08. The van der Waals surface area contributed by atoms with E-state index in [9.17, 15) is 9.59 Å². The van der Waals surface area contributed by atoms with Crippen molar-refractivity contribution in [3.8, 4) is 0 Å². The van der Waals surface area contributed by atoms with Gasteiger partial charge in [-0.1, -0.05) is 12.1 Å². The maximum atomic E-state index is 12.0. The van der Waals surface area contributed by atoms with Gasteiger partial charge in [0.25, 0.3) is 0 Å². The standard InChI is InChI=1S/C13H15N2O2/c1-10(16)14-8-6-13(17)15-9-7-11-4-2-3-5-12(11)15/h2,4-5H,6-9H2,1H3,(H,14,16). The van der Waals surface area contributed by atoms with Crippen molar-refractivity contribution in [3.63, 3.8) is 0 Å². The summed E-state index contributed by atoms with van der Waals surface area (Å²) in [6.07, 6.45) is 1.24. The number of amides is 2. The second kappa shape index (κ2) is 4.99. The van der Waals surface area contributed by atoms with E-state index in [1.54, 1.807) is 4.90 Å². The summed E-state index contributed by atoms with van der Waals surface area (Å²) >= 11 is 0. The summed E-state index contributed by atoms with van der Waals surface area (Å²) in [4.78, 5) is 24.4. The molecule has 0 bridgehead atoms. The molecule has 2 rings (SSSR count). The molecule has 89 valence electrons. The first-order valence-corrected chi connectivity index (χ1v) is 5.72. The number of carbonyl (C=O) groups excluding carboxylic acids is 2. The number of benzene rings is 1. The molecule has 0 aliphatic carbocycles. The van der Waals surface area contributed by atoms with Crippen LogP contribution >= 0.6 is 0 Å². The molecule has 1 aliphatic heterocycles. The summed E-state index contributed by atoms with van der Waals surface area (Å²) in [5.74, 6) is -0.0509. The number of hydrogen-bond donors (Lipinski definition) is 1. The first-order chi connectivity index (χ1) is 8.18. The first kappa shape index (κ1) is 11.6. The molecule has 1 aliphatic rings. The van der Waals surface area contributed by atoms with Crippen LogP contribution in [-0.2, 0) is 16.0 Å². The van der Waals surface area contributed by atoms with Crippen LogP contribution in [0.1, 0.15) is 18.9 Å². The maximum absolute atomic E-state index is 12.0. The van der Waals surface area contributed by atoms with Crippen molar-refractivity contribution in [1.82, 2.24) is 5.32 Å². The van der Waals surface area contributed by atoms with Crippen LogP contribution in [0.15, 0.2) is 18.2 Å². The molecule has 2 amide bonds. The molecule has 4 heteroatoms. The highest BCUT2D eigenvalue weighted by Crippen LogP contribution is 2.27. The van der Waals surface area contributed by atoms with Crippen molar-refractivity contribution in [2.24, 2.45) is 0 Å². The van der Waals surface area contributed by atoms with Crippen LogP contribution in [0.5, 0.6) is 0 Å². The molecule has 1 N–H and O–H groups in total. The van der Waals surface area contributed by atoms with Gasteiger partial charge in [0.1, 0.15) is 0 Å². The van der Waals surface area contributed by atoms with Crippen molar-refractivity contribution >= 4 is 17.5 Å². The third kappa shape index (κ3) is 2.64. The molecule has 0 saturated carbocycles. The molecular formula is C13H15N2O2. The number of rotatable bonds is 3. The monoisotopic (exact) mass is 231 g/mol. The molecule has 1 heterocycles. The molecule has 1 aromatic rings. The van der Waals surface area contributed by atoms with Crippen molar-refractivity contribution in [1.29, 1.82) is 0 Å². The lowest BCUT2D eigenvalue weighted by Crippen LogP contribution is -2.32. The molecular weight excluding hydrogens is 216 g/mol. The fourth-order valence-electron chi connectivity index (χ4n) is 2.01. The average molecular weight is 231 g/mol. The smallest absolute Gasteiger partial charge is 0.228 e. The quantitative estimate of drug-likeness (QED) is 0.840. The van der Waals surface area contributed by atoms with Gasteiger partial charge in [-0.25, -0.2) is 0 Å². The fraction of sp³-hybridized carbons (Fsp3) is 0.385. The molecule has 0 aromatic heterocycles. The van der Waals surface area contributed by atoms with Gasteiger partial charge in [-0.15, -0.1) is 0 Å². The van der Waals surface area contributed by atoms with Crippen LogP contribution in [0, 0.1) is 6.07 Å². The van der Waals surface area contributed by atoms with Crippen molar-refractivity contribution in [3.05, 3.63) is 29.8 Å². The van der Waals surface area contributed by atoms with Gasteiger partial charge in [-0.05, 0) is 24.1 Å². The molecule has 4 nitrogen and oxygen atoms in total. The SMILES string of the molecule is CC(=O)NCCC(=O)N1CCc2cc[c]cc21. The number of fused-ring (bicyclic) bond motifs is 1. The predicted octanol–water partition coefficient (Wildman–Crippen LogP) is 0.902. The van der Waals surface area contributed by atoms with Gasteiger partial charge in [0.05, 0.1) is 0 Å². The molecule has 0 unspecified atom stereocenters. The fourth-order valence-corrected chi connectivity index (χ4v) is 2.01. The van der Waals surface area contributed by atoms with Crippen molar-refractivity contribution in [2.45, 2.75) is 19.8 Å². The molecule has 1 aromatic carbocycles. The minimum absolute atomic E-state index is 0.0529. The minimum Gasteiger partial charge on any atom is -0.356 e. The molecule has 0 fully saturated rings. The molecule has 0 saturated heterocycles. The Labute approximate surface area is 101 Å². The Kier molecular flexibility index (Phi) is 3.42. The lowest BCUT2D eigenvalue weighted by Gasteiger charge is -2.17. The zero-order valence-corrected chi connectivity index (χ0v) is 9.82. The Hall–Kier alpha value is -1.84. The van der Waals surface area contributed by atoms with E-state index in [-0.39, 0.29) is 11.8 Å². The Morgan fingerprint density at radius 1 is 1.53 bits per heavy atom. The van der Waals surface area contributed by atoms with Gasteiger partial charge >= 0.3 is 0 Å². The van der Waals surface area contributed by atoms with E-state index in [4.69, 9.17) is 0 Å². The Bertz CT molecular complexity index is 443. The van der Waals surface area contributed by atoms with E-state index in [1.807, 2.05) is 18.2 Å². The number of nitrogens with zero attached hydrogens (tertiary/aromatic N) is 1. The predicted molar refractivity (Wildman–Crippen MR) is 64.6 cm³/mol. The summed E-state index contributed by atoms with van der Waals surface area (Å²) in [7, 11) is 0. The molecule has 0 spiro atoms. The number of anilines is 1. The topological polar surface area (TPSA) is 49.4 Å². The third-order valence-electron chi connectivity index (χ3n) is 2.84. The minimum atomic E-state index is -0.104. The summed E-state index contributed by atoms with van der Waals surface area (Å²) in [6, 6.07) is 8.70. The highest BCUT2D eigenvalue weighted by atomic mass is 16.2. The highest BCUT2D eigenvalue weighted by molar-refractivity contribution is 5.95. The van der Waals surface area contributed by atoms with Crippen LogP contribution in [-0.4, -0.2) is 24.9 Å². The highest BCUT2D eigenvalue weighted by Gasteiger charge is 2.23.